The normalized spacial score (nSPS) is 30.4. The first-order valence-electron chi connectivity index (χ1n) is 8.03. The zero-order valence-corrected chi connectivity index (χ0v) is 13.6. The van der Waals surface area contributed by atoms with Gasteiger partial charge in [0.1, 0.15) is 11.1 Å². The van der Waals surface area contributed by atoms with E-state index < -0.39 is 11.1 Å². The van der Waals surface area contributed by atoms with Crippen molar-refractivity contribution < 1.29 is 9.53 Å². The van der Waals surface area contributed by atoms with Crippen LogP contribution in [0.3, 0.4) is 0 Å². The second-order valence-corrected chi connectivity index (χ2v) is 6.88. The van der Waals surface area contributed by atoms with Crippen molar-refractivity contribution in [2.24, 2.45) is 0 Å². The van der Waals surface area contributed by atoms with Gasteiger partial charge >= 0.3 is 6.09 Å². The van der Waals surface area contributed by atoms with E-state index in [1.165, 1.54) is 22.2 Å². The van der Waals surface area contributed by atoms with E-state index in [0.717, 1.165) is 18.4 Å². The summed E-state index contributed by atoms with van der Waals surface area (Å²) >= 11 is 0. The smallest absolute Gasteiger partial charge is 0.411 e. The van der Waals surface area contributed by atoms with Crippen LogP contribution in [0, 0.1) is 6.92 Å². The molecule has 1 N–H and O–H groups in total. The Balaban J connectivity index is 2.10. The van der Waals surface area contributed by atoms with E-state index in [9.17, 15) is 4.79 Å². The van der Waals surface area contributed by atoms with Crippen LogP contribution in [0.4, 0.5) is 4.79 Å². The van der Waals surface area contributed by atoms with Crippen LogP contribution in [-0.2, 0) is 16.7 Å². The van der Waals surface area contributed by atoms with Gasteiger partial charge in [0, 0.05) is 23.1 Å². The Kier molecular flexibility index (Phi) is 2.52. The van der Waals surface area contributed by atoms with E-state index in [2.05, 4.69) is 50.9 Å². The summed E-state index contributed by atoms with van der Waals surface area (Å²) in [5, 5.41) is 1.28. The number of H-pyrrole nitrogens is 1. The average molecular weight is 298 g/mol. The topological polar surface area (TPSA) is 45.3 Å². The molecular formula is C18H22N2O2. The van der Waals surface area contributed by atoms with Gasteiger partial charge in [0.05, 0.1) is 0 Å². The number of ether oxygens (including phenoxy) is 1. The molecule has 1 amide bonds. The maximum Gasteiger partial charge on any atom is 0.411 e. The number of amides is 1. The van der Waals surface area contributed by atoms with Crippen molar-refractivity contribution >= 4 is 17.0 Å². The summed E-state index contributed by atoms with van der Waals surface area (Å²) < 4.78 is 5.83. The molecule has 4 heteroatoms. The van der Waals surface area contributed by atoms with Crippen LogP contribution in [0.5, 0.6) is 0 Å². The van der Waals surface area contributed by atoms with Crippen molar-refractivity contribution in [1.82, 2.24) is 9.88 Å². The first-order valence-corrected chi connectivity index (χ1v) is 8.03. The van der Waals surface area contributed by atoms with Gasteiger partial charge in [0.25, 0.3) is 0 Å². The molecule has 22 heavy (non-hydrogen) atoms. The van der Waals surface area contributed by atoms with Gasteiger partial charge in [-0.05, 0) is 50.8 Å². The second kappa shape index (κ2) is 4.06. The molecule has 0 saturated carbocycles. The van der Waals surface area contributed by atoms with Crippen LogP contribution < -0.4 is 0 Å². The van der Waals surface area contributed by atoms with Crippen LogP contribution in [0.25, 0.3) is 10.9 Å². The molecule has 116 valence electrons. The lowest BCUT2D eigenvalue weighted by Gasteiger charge is -2.41. The minimum absolute atomic E-state index is 0.185. The predicted molar refractivity (Wildman–Crippen MR) is 86.0 cm³/mol. The van der Waals surface area contributed by atoms with E-state index in [1.54, 1.807) is 0 Å². The van der Waals surface area contributed by atoms with Gasteiger partial charge in [-0.15, -0.1) is 0 Å². The van der Waals surface area contributed by atoms with Gasteiger partial charge in [-0.3, -0.25) is 4.90 Å². The quantitative estimate of drug-likeness (QED) is 0.868. The molecule has 2 aliphatic heterocycles. The Morgan fingerprint density at radius 2 is 2.14 bits per heavy atom. The lowest BCUT2D eigenvalue weighted by molar-refractivity contribution is 0.00345. The van der Waals surface area contributed by atoms with Crippen LogP contribution in [0.2, 0.25) is 0 Å². The van der Waals surface area contributed by atoms with Crippen LogP contribution in [0.15, 0.2) is 18.2 Å². The Morgan fingerprint density at radius 3 is 2.86 bits per heavy atom. The molecule has 1 fully saturated rings. The van der Waals surface area contributed by atoms with Crippen molar-refractivity contribution in [1.29, 1.82) is 0 Å². The molecule has 0 aliphatic carbocycles. The average Bonchev–Trinajstić information content (AvgIpc) is 2.84. The fraction of sp³-hybridized carbons (Fsp3) is 0.500. The molecule has 1 saturated heterocycles. The number of hydrogen-bond acceptors (Lipinski definition) is 2. The predicted octanol–water partition coefficient (Wildman–Crippen LogP) is 3.87. The third-order valence-electron chi connectivity index (χ3n) is 6.03. The largest absolute Gasteiger partial charge is 0.440 e. The molecule has 0 bridgehead atoms. The summed E-state index contributed by atoms with van der Waals surface area (Å²) in [6, 6.07) is 6.35. The highest BCUT2D eigenvalue weighted by Gasteiger charge is 2.60. The summed E-state index contributed by atoms with van der Waals surface area (Å²) in [5.41, 5.74) is 3.97. The minimum atomic E-state index is -0.509. The minimum Gasteiger partial charge on any atom is -0.440 e. The number of aromatic amines is 1. The van der Waals surface area contributed by atoms with E-state index in [-0.39, 0.29) is 6.09 Å². The lowest BCUT2D eigenvalue weighted by atomic mass is 9.74. The van der Waals surface area contributed by atoms with Crippen molar-refractivity contribution in [3.63, 3.8) is 0 Å². The van der Waals surface area contributed by atoms with Crippen molar-refractivity contribution in [2.75, 3.05) is 6.54 Å². The summed E-state index contributed by atoms with van der Waals surface area (Å²) in [6.07, 6.45) is 1.48. The van der Waals surface area contributed by atoms with Gasteiger partial charge < -0.3 is 9.72 Å². The highest BCUT2D eigenvalue weighted by Crippen LogP contribution is 2.52. The van der Waals surface area contributed by atoms with Crippen molar-refractivity contribution in [3.8, 4) is 0 Å². The lowest BCUT2D eigenvalue weighted by Crippen LogP contribution is -2.52. The van der Waals surface area contributed by atoms with Crippen LogP contribution >= 0.6 is 0 Å². The molecule has 1 aromatic heterocycles. The molecule has 2 aliphatic rings. The van der Waals surface area contributed by atoms with E-state index in [0.29, 0.717) is 6.54 Å². The second-order valence-electron chi connectivity index (χ2n) is 6.88. The molecule has 2 aromatic rings. The maximum atomic E-state index is 12.5. The number of rotatable bonds is 1. The number of cyclic esters (lactones) is 1. The van der Waals surface area contributed by atoms with Gasteiger partial charge in [-0.1, -0.05) is 19.1 Å². The molecule has 3 heterocycles. The number of benzene rings is 1. The zero-order chi connectivity index (χ0) is 15.7. The van der Waals surface area contributed by atoms with E-state index >= 15 is 0 Å². The number of carbonyl (C=O) groups is 1. The number of hydrogen-bond donors (Lipinski definition) is 1. The molecule has 2 atom stereocenters. The number of aryl methyl sites for hydroxylation is 1. The highest BCUT2D eigenvalue weighted by molar-refractivity contribution is 5.91. The summed E-state index contributed by atoms with van der Waals surface area (Å²) in [4.78, 5) is 17.9. The number of nitrogens with one attached hydrogen (secondary N) is 1. The van der Waals surface area contributed by atoms with Gasteiger partial charge in [-0.2, -0.15) is 0 Å². The third-order valence-corrected chi connectivity index (χ3v) is 6.03. The van der Waals surface area contributed by atoms with Gasteiger partial charge in [-0.25, -0.2) is 4.79 Å². The summed E-state index contributed by atoms with van der Waals surface area (Å²) in [6.45, 7) is 9.14. The monoisotopic (exact) mass is 298 g/mol. The number of carbonyl (C=O) groups excluding carboxylic acids is 1. The molecule has 4 nitrogen and oxygen atoms in total. The Labute approximate surface area is 130 Å². The van der Waals surface area contributed by atoms with Crippen molar-refractivity contribution in [3.05, 3.63) is 35.0 Å². The molecule has 1 aromatic carbocycles. The summed E-state index contributed by atoms with van der Waals surface area (Å²) in [5.74, 6) is 0. The molecule has 0 radical (unpaired) electrons. The fourth-order valence-corrected chi connectivity index (χ4v) is 4.37. The first kappa shape index (κ1) is 13.7. The maximum absolute atomic E-state index is 12.5. The molecule has 0 unspecified atom stereocenters. The molecule has 0 spiro atoms. The van der Waals surface area contributed by atoms with Gasteiger partial charge in [0.15, 0.2) is 0 Å². The SMILES string of the molecule is CC[C@]1(C)OC(=O)N2CCc3c(C)[nH]c4cccc(c34)[C@@]21C. The Morgan fingerprint density at radius 1 is 1.36 bits per heavy atom. The van der Waals surface area contributed by atoms with Crippen LogP contribution in [-0.4, -0.2) is 28.1 Å². The molecule has 4 rings (SSSR count). The standard InChI is InChI=1S/C18H22N2O2/c1-5-17(3)18(4)13-7-6-8-14-15(13)12(11(2)19-14)9-10-20(18)16(21)22-17/h6-8,19H,5,9-10H2,1-4H3/t17-,18+/m0/s1. The van der Waals surface area contributed by atoms with Crippen molar-refractivity contribution in [2.45, 2.75) is 51.7 Å². The zero-order valence-electron chi connectivity index (χ0n) is 13.6. The molecular weight excluding hydrogens is 276 g/mol. The van der Waals surface area contributed by atoms with E-state index in [1.807, 2.05) is 4.90 Å². The number of aromatic nitrogens is 1. The Bertz CT molecular complexity index is 794. The first-order chi connectivity index (χ1) is 10.4. The highest BCUT2D eigenvalue weighted by atomic mass is 16.6. The summed E-state index contributed by atoms with van der Waals surface area (Å²) in [7, 11) is 0. The number of fused-ring (bicyclic) bond motifs is 2. The fourth-order valence-electron chi connectivity index (χ4n) is 4.37. The number of nitrogens with zero attached hydrogens (tertiary/aromatic N) is 1. The van der Waals surface area contributed by atoms with Gasteiger partial charge in [0.2, 0.25) is 0 Å². The van der Waals surface area contributed by atoms with E-state index in [4.69, 9.17) is 4.74 Å². The Hall–Kier alpha value is -1.97. The third kappa shape index (κ3) is 1.36. The van der Waals surface area contributed by atoms with Crippen LogP contribution in [0.1, 0.15) is 44.0 Å².